The molecule has 0 amide bonds. The lowest BCUT2D eigenvalue weighted by Gasteiger charge is -2.13. The Kier molecular flexibility index (Phi) is 7.77. The molecule has 0 rings (SSSR count). The number of carbonyl (C=O) groups is 3. The molecule has 9 nitrogen and oxygen atoms in total. The molecular weight excluding hydrogens is 294 g/mol. The molecule has 1 atom stereocenters. The zero-order chi connectivity index (χ0) is 15.8. The van der Waals surface area contributed by atoms with E-state index in [2.05, 4.69) is 4.74 Å². The summed E-state index contributed by atoms with van der Waals surface area (Å²) in [4.78, 5) is 32.0. The first-order valence-electron chi connectivity index (χ1n) is 5.69. The molecule has 0 saturated carbocycles. The normalized spacial score (nSPS) is 12.7. The quantitative estimate of drug-likeness (QED) is 0.443. The van der Waals surface area contributed by atoms with E-state index in [0.29, 0.717) is 0 Å². The Morgan fingerprint density at radius 1 is 1.20 bits per heavy atom. The van der Waals surface area contributed by atoms with Crippen molar-refractivity contribution in [3.8, 4) is 0 Å². The number of sulfonamides is 1. The monoisotopic (exact) mass is 311 g/mol. The summed E-state index contributed by atoms with van der Waals surface area (Å²) in [6.45, 7) is 0. The van der Waals surface area contributed by atoms with Crippen LogP contribution >= 0.6 is 0 Å². The first kappa shape index (κ1) is 18.3. The Balaban J connectivity index is 4.41. The van der Waals surface area contributed by atoms with Gasteiger partial charge in [0.25, 0.3) is 0 Å². The van der Waals surface area contributed by atoms with Crippen molar-refractivity contribution in [1.82, 2.24) is 4.72 Å². The third kappa shape index (κ3) is 8.43. The summed E-state index contributed by atoms with van der Waals surface area (Å²) in [5.74, 6) is -3.69. The summed E-state index contributed by atoms with van der Waals surface area (Å²) in [6, 6.07) is -1.51. The van der Waals surface area contributed by atoms with Crippen LogP contribution in [0.4, 0.5) is 0 Å². The Morgan fingerprint density at radius 3 is 2.25 bits per heavy atom. The lowest BCUT2D eigenvalue weighted by Crippen LogP contribution is -2.42. The highest BCUT2D eigenvalue weighted by Gasteiger charge is 2.24. The van der Waals surface area contributed by atoms with E-state index in [0.717, 1.165) is 0 Å². The van der Waals surface area contributed by atoms with E-state index in [9.17, 15) is 22.8 Å². The Labute approximate surface area is 116 Å². The van der Waals surface area contributed by atoms with Gasteiger partial charge in [-0.1, -0.05) is 0 Å². The minimum atomic E-state index is -3.91. The van der Waals surface area contributed by atoms with E-state index in [1.165, 1.54) is 7.11 Å². The van der Waals surface area contributed by atoms with E-state index in [4.69, 9.17) is 10.2 Å². The van der Waals surface area contributed by atoms with Gasteiger partial charge in [-0.05, 0) is 12.8 Å². The van der Waals surface area contributed by atoms with Gasteiger partial charge in [0.2, 0.25) is 10.0 Å². The van der Waals surface area contributed by atoms with Gasteiger partial charge in [0, 0.05) is 12.8 Å². The van der Waals surface area contributed by atoms with Gasteiger partial charge in [0.05, 0.1) is 12.9 Å². The highest BCUT2D eigenvalue weighted by molar-refractivity contribution is 7.89. The van der Waals surface area contributed by atoms with Crippen molar-refractivity contribution in [2.45, 2.75) is 31.7 Å². The van der Waals surface area contributed by atoms with Gasteiger partial charge < -0.3 is 14.9 Å². The summed E-state index contributed by atoms with van der Waals surface area (Å²) in [6.07, 6.45) is -0.958. The molecule has 20 heavy (non-hydrogen) atoms. The summed E-state index contributed by atoms with van der Waals surface area (Å²) in [5, 5.41) is 17.3. The first-order chi connectivity index (χ1) is 9.18. The number of carbonyl (C=O) groups excluding carboxylic acids is 1. The minimum absolute atomic E-state index is 0.0206. The van der Waals surface area contributed by atoms with Crippen molar-refractivity contribution in [3.05, 3.63) is 0 Å². The van der Waals surface area contributed by atoms with Gasteiger partial charge in [-0.3, -0.25) is 14.4 Å². The van der Waals surface area contributed by atoms with E-state index < -0.39 is 46.1 Å². The summed E-state index contributed by atoms with van der Waals surface area (Å²) < 4.78 is 29.4. The molecule has 0 aromatic heterocycles. The van der Waals surface area contributed by atoms with Gasteiger partial charge in [0.1, 0.15) is 6.04 Å². The molecule has 10 heteroatoms. The topological polar surface area (TPSA) is 147 Å². The molecule has 0 radical (unpaired) electrons. The second kappa shape index (κ2) is 8.48. The van der Waals surface area contributed by atoms with Crippen molar-refractivity contribution in [2.24, 2.45) is 0 Å². The molecule has 0 saturated heterocycles. The average molecular weight is 311 g/mol. The maximum Gasteiger partial charge on any atom is 0.321 e. The van der Waals surface area contributed by atoms with Crippen molar-refractivity contribution < 1.29 is 37.8 Å². The smallest absolute Gasteiger partial charge is 0.321 e. The SMILES string of the molecule is COC(=O)CCCS(=O)(=O)N[C@@H](CCC(=O)O)C(=O)O. The average Bonchev–Trinajstić information content (AvgIpc) is 2.33. The second-order valence-corrected chi connectivity index (χ2v) is 5.81. The molecule has 0 aromatic rings. The standard InChI is InChI=1S/C10H17NO8S/c1-19-9(14)3-2-6-20(17,18)11-7(10(15)16)4-5-8(12)13/h7,11H,2-6H2,1H3,(H,12,13)(H,15,16)/t7-/m0/s1. The Bertz CT molecular complexity index is 458. The number of aliphatic carboxylic acids is 2. The van der Waals surface area contributed by atoms with E-state index >= 15 is 0 Å². The molecule has 0 spiro atoms. The minimum Gasteiger partial charge on any atom is -0.481 e. The van der Waals surface area contributed by atoms with Crippen molar-refractivity contribution in [3.63, 3.8) is 0 Å². The van der Waals surface area contributed by atoms with Gasteiger partial charge in [0.15, 0.2) is 0 Å². The number of carboxylic acids is 2. The van der Waals surface area contributed by atoms with Gasteiger partial charge >= 0.3 is 17.9 Å². The lowest BCUT2D eigenvalue weighted by atomic mass is 10.2. The Morgan fingerprint density at radius 2 is 1.80 bits per heavy atom. The van der Waals surface area contributed by atoms with Crippen LogP contribution in [0.2, 0.25) is 0 Å². The van der Waals surface area contributed by atoms with Crippen LogP contribution in [-0.2, 0) is 29.1 Å². The predicted octanol–water partition coefficient (Wildman–Crippen LogP) is -0.823. The van der Waals surface area contributed by atoms with E-state index in [1.54, 1.807) is 0 Å². The molecule has 0 aliphatic heterocycles. The highest BCUT2D eigenvalue weighted by atomic mass is 32.2. The van der Waals surface area contributed by atoms with Crippen LogP contribution in [0.25, 0.3) is 0 Å². The number of esters is 1. The predicted molar refractivity (Wildman–Crippen MR) is 66.5 cm³/mol. The number of carboxylic acid groups (broad SMARTS) is 2. The van der Waals surface area contributed by atoms with Crippen LogP contribution < -0.4 is 4.72 Å². The highest BCUT2D eigenvalue weighted by Crippen LogP contribution is 2.03. The second-order valence-electron chi connectivity index (χ2n) is 3.94. The third-order valence-electron chi connectivity index (χ3n) is 2.29. The number of hydrogen-bond donors (Lipinski definition) is 3. The molecule has 116 valence electrons. The summed E-state index contributed by atoms with van der Waals surface area (Å²) in [7, 11) is -2.74. The van der Waals surface area contributed by atoms with Crippen LogP contribution in [0.3, 0.4) is 0 Å². The van der Waals surface area contributed by atoms with Crippen LogP contribution in [-0.4, -0.2) is 55.4 Å². The fourth-order valence-electron chi connectivity index (χ4n) is 1.28. The summed E-state index contributed by atoms with van der Waals surface area (Å²) >= 11 is 0. The van der Waals surface area contributed by atoms with Crippen LogP contribution in [0, 0.1) is 0 Å². The molecule has 0 fully saturated rings. The molecule has 0 aromatic carbocycles. The lowest BCUT2D eigenvalue weighted by molar-refractivity contribution is -0.141. The van der Waals surface area contributed by atoms with Crippen molar-refractivity contribution in [2.75, 3.05) is 12.9 Å². The maximum absolute atomic E-state index is 11.6. The molecule has 0 aliphatic carbocycles. The molecule has 0 bridgehead atoms. The number of rotatable bonds is 10. The van der Waals surface area contributed by atoms with Crippen LogP contribution in [0.15, 0.2) is 0 Å². The van der Waals surface area contributed by atoms with E-state index in [-0.39, 0.29) is 19.3 Å². The maximum atomic E-state index is 11.6. The zero-order valence-corrected chi connectivity index (χ0v) is 11.7. The van der Waals surface area contributed by atoms with E-state index in [1.807, 2.05) is 4.72 Å². The van der Waals surface area contributed by atoms with Gasteiger partial charge in [-0.2, -0.15) is 0 Å². The number of methoxy groups -OCH3 is 1. The van der Waals surface area contributed by atoms with Gasteiger partial charge in [-0.15, -0.1) is 0 Å². The van der Waals surface area contributed by atoms with Crippen molar-refractivity contribution >= 4 is 27.9 Å². The fourth-order valence-corrected chi connectivity index (χ4v) is 2.58. The third-order valence-corrected chi connectivity index (χ3v) is 3.76. The van der Waals surface area contributed by atoms with Crippen molar-refractivity contribution in [1.29, 1.82) is 0 Å². The number of hydrogen-bond acceptors (Lipinski definition) is 6. The van der Waals surface area contributed by atoms with Gasteiger partial charge in [-0.25, -0.2) is 13.1 Å². The van der Waals surface area contributed by atoms with Crippen LogP contribution in [0.1, 0.15) is 25.7 Å². The molecule has 0 unspecified atom stereocenters. The molecular formula is C10H17NO8S. The number of nitrogens with one attached hydrogen (secondary N) is 1. The molecule has 0 heterocycles. The number of ether oxygens (including phenoxy) is 1. The summed E-state index contributed by atoms with van der Waals surface area (Å²) in [5.41, 5.74) is 0. The zero-order valence-electron chi connectivity index (χ0n) is 10.9. The Hall–Kier alpha value is -1.68. The first-order valence-corrected chi connectivity index (χ1v) is 7.34. The largest absolute Gasteiger partial charge is 0.481 e. The molecule has 3 N–H and O–H groups in total. The molecule has 0 aliphatic rings. The fraction of sp³-hybridized carbons (Fsp3) is 0.700. The van der Waals surface area contributed by atoms with Crippen LogP contribution in [0.5, 0.6) is 0 Å².